The van der Waals surface area contributed by atoms with Crippen molar-refractivity contribution in [3.63, 3.8) is 0 Å². The highest BCUT2D eigenvalue weighted by atomic mass is 19.3. The largest absolute Gasteiger partial charge is 0.445 e. The van der Waals surface area contributed by atoms with Crippen molar-refractivity contribution in [1.29, 1.82) is 0 Å². The van der Waals surface area contributed by atoms with Crippen LogP contribution in [-0.2, 0) is 22.6 Å². The van der Waals surface area contributed by atoms with Crippen LogP contribution in [0, 0.1) is 5.92 Å². The average molecular weight is 443 g/mol. The predicted octanol–water partition coefficient (Wildman–Crippen LogP) is 5.37. The van der Waals surface area contributed by atoms with E-state index in [9.17, 15) is 18.4 Å². The number of Topliss-reactive ketones (excluding diaryl/α,β-unsaturated/α-hetero) is 1. The fourth-order valence-corrected chi connectivity index (χ4v) is 4.93. The van der Waals surface area contributed by atoms with Gasteiger partial charge in [-0.05, 0) is 43.7 Å². The number of nitrogens with zero attached hydrogens (tertiary/aromatic N) is 1. The number of hydrogen-bond donors (Lipinski definition) is 0. The molecule has 0 spiro atoms. The monoisotopic (exact) mass is 443 g/mol. The van der Waals surface area contributed by atoms with Crippen LogP contribution < -0.4 is 4.74 Å². The zero-order valence-electron chi connectivity index (χ0n) is 17.8. The van der Waals surface area contributed by atoms with Crippen molar-refractivity contribution in [2.24, 2.45) is 5.92 Å². The molecule has 2 fully saturated rings. The van der Waals surface area contributed by atoms with Gasteiger partial charge in [0.25, 0.3) is 0 Å². The lowest BCUT2D eigenvalue weighted by Gasteiger charge is -2.47. The van der Waals surface area contributed by atoms with Gasteiger partial charge in [0.2, 0.25) is 0 Å². The molecule has 0 aromatic heterocycles. The van der Waals surface area contributed by atoms with Crippen molar-refractivity contribution in [3.05, 3.63) is 65.7 Å². The van der Waals surface area contributed by atoms with Crippen LogP contribution in [0.4, 0.5) is 13.6 Å². The van der Waals surface area contributed by atoms with Crippen molar-refractivity contribution in [2.75, 3.05) is 0 Å². The zero-order chi connectivity index (χ0) is 22.5. The summed E-state index contributed by atoms with van der Waals surface area (Å²) in [5, 5.41) is 0. The Bertz CT molecular complexity index is 923. The molecule has 2 heterocycles. The number of ether oxygens (including phenoxy) is 2. The molecule has 2 aromatic rings. The molecule has 0 saturated carbocycles. The van der Waals surface area contributed by atoms with E-state index in [0.717, 1.165) is 24.8 Å². The van der Waals surface area contributed by atoms with Gasteiger partial charge in [0.05, 0.1) is 0 Å². The van der Waals surface area contributed by atoms with Crippen molar-refractivity contribution < 1.29 is 27.8 Å². The minimum absolute atomic E-state index is 0.00418. The zero-order valence-corrected chi connectivity index (χ0v) is 17.8. The highest BCUT2D eigenvalue weighted by molar-refractivity contribution is 5.84. The molecule has 2 bridgehead atoms. The number of ketones is 1. The van der Waals surface area contributed by atoms with Crippen molar-refractivity contribution in [3.8, 4) is 5.75 Å². The first kappa shape index (κ1) is 22.2. The van der Waals surface area contributed by atoms with Crippen LogP contribution in [0.3, 0.4) is 0 Å². The third kappa shape index (κ3) is 5.26. The summed E-state index contributed by atoms with van der Waals surface area (Å²) < 4.78 is 35.5. The summed E-state index contributed by atoms with van der Waals surface area (Å²) in [6.45, 7) is -2.71. The normalized spacial score (nSPS) is 22.5. The Labute approximate surface area is 186 Å². The number of halogens is 2. The van der Waals surface area contributed by atoms with Gasteiger partial charge in [-0.25, -0.2) is 4.79 Å². The first-order chi connectivity index (χ1) is 15.5. The van der Waals surface area contributed by atoms with E-state index in [1.165, 1.54) is 6.07 Å². The third-order valence-corrected chi connectivity index (χ3v) is 6.40. The Hall–Kier alpha value is -2.96. The van der Waals surface area contributed by atoms with Gasteiger partial charge in [-0.15, -0.1) is 0 Å². The molecule has 2 atom stereocenters. The van der Waals surface area contributed by atoms with E-state index in [1.807, 2.05) is 35.2 Å². The minimum Gasteiger partial charge on any atom is -0.445 e. The van der Waals surface area contributed by atoms with E-state index in [-0.39, 0.29) is 48.7 Å². The Balaban J connectivity index is 1.39. The molecule has 2 unspecified atom stereocenters. The molecule has 2 aliphatic heterocycles. The molecule has 2 aliphatic rings. The predicted molar refractivity (Wildman–Crippen MR) is 114 cm³/mol. The van der Waals surface area contributed by atoms with Crippen LogP contribution in [0.15, 0.2) is 54.6 Å². The third-order valence-electron chi connectivity index (χ3n) is 6.40. The van der Waals surface area contributed by atoms with E-state index in [0.29, 0.717) is 18.4 Å². The first-order valence-corrected chi connectivity index (χ1v) is 11.1. The molecule has 5 nitrogen and oxygen atoms in total. The second-order valence-corrected chi connectivity index (χ2v) is 8.48. The van der Waals surface area contributed by atoms with Crippen LogP contribution in [0.5, 0.6) is 5.75 Å². The van der Waals surface area contributed by atoms with E-state index in [2.05, 4.69) is 4.74 Å². The molecule has 170 valence electrons. The van der Waals surface area contributed by atoms with Gasteiger partial charge < -0.3 is 14.4 Å². The second-order valence-electron chi connectivity index (χ2n) is 8.48. The fourth-order valence-electron chi connectivity index (χ4n) is 4.93. The lowest BCUT2D eigenvalue weighted by Crippen LogP contribution is -2.55. The van der Waals surface area contributed by atoms with E-state index in [1.54, 1.807) is 18.2 Å². The highest BCUT2D eigenvalue weighted by Gasteiger charge is 2.43. The molecule has 1 amide bonds. The topological polar surface area (TPSA) is 55.8 Å². The summed E-state index contributed by atoms with van der Waals surface area (Å²) in [7, 11) is 0. The Kier molecular flexibility index (Phi) is 7.02. The van der Waals surface area contributed by atoms with Gasteiger partial charge in [0.15, 0.2) is 0 Å². The van der Waals surface area contributed by atoms with Crippen molar-refractivity contribution in [1.82, 2.24) is 4.90 Å². The number of alkyl halides is 2. The summed E-state index contributed by atoms with van der Waals surface area (Å²) in [5.74, 6) is -0.162. The standard InChI is InChI=1S/C25H27F2NO4/c26-24(27)32-23-12-5-4-9-18(23)15-22(29)19-13-20-10-6-11-21(14-19)28(20)25(30)31-16-17-7-2-1-3-8-17/h1-5,7-9,12,19-21,24H,6,10-11,13-16H2. The number of amides is 1. The van der Waals surface area contributed by atoms with E-state index >= 15 is 0 Å². The van der Waals surface area contributed by atoms with Gasteiger partial charge in [-0.1, -0.05) is 48.5 Å². The van der Waals surface area contributed by atoms with Crippen LogP contribution >= 0.6 is 0 Å². The molecule has 2 aromatic carbocycles. The van der Waals surface area contributed by atoms with E-state index in [4.69, 9.17) is 4.74 Å². The maximum atomic E-state index is 13.0. The number of rotatable bonds is 7. The number of carbonyl (C=O) groups is 2. The summed E-state index contributed by atoms with van der Waals surface area (Å²) in [5.41, 5.74) is 1.40. The lowest BCUT2D eigenvalue weighted by molar-refractivity contribution is -0.126. The van der Waals surface area contributed by atoms with Gasteiger partial charge in [-0.2, -0.15) is 8.78 Å². The summed E-state index contributed by atoms with van der Waals surface area (Å²) in [6, 6.07) is 15.9. The minimum atomic E-state index is -2.93. The maximum Gasteiger partial charge on any atom is 0.410 e. The first-order valence-electron chi connectivity index (χ1n) is 11.1. The smallest absolute Gasteiger partial charge is 0.410 e. The van der Waals surface area contributed by atoms with Gasteiger partial charge in [0, 0.05) is 30.0 Å². The number of para-hydroxylation sites is 1. The molecule has 0 N–H and O–H groups in total. The Morgan fingerprint density at radius 1 is 0.969 bits per heavy atom. The van der Waals surface area contributed by atoms with Crippen LogP contribution in [0.1, 0.15) is 43.2 Å². The summed E-state index contributed by atoms with van der Waals surface area (Å²) in [6.07, 6.45) is 3.57. The van der Waals surface area contributed by atoms with Crippen LogP contribution in [-0.4, -0.2) is 35.5 Å². The van der Waals surface area contributed by atoms with Crippen molar-refractivity contribution >= 4 is 11.9 Å². The number of piperidine rings is 2. The molecule has 32 heavy (non-hydrogen) atoms. The van der Waals surface area contributed by atoms with Crippen molar-refractivity contribution in [2.45, 2.75) is 63.8 Å². The number of carbonyl (C=O) groups excluding carboxylic acids is 2. The average Bonchev–Trinajstić information content (AvgIpc) is 2.78. The SMILES string of the molecule is O=C(Cc1ccccc1OC(F)F)C1CC2CCCC(C1)N2C(=O)OCc1ccccc1. The van der Waals surface area contributed by atoms with Crippen LogP contribution in [0.25, 0.3) is 0 Å². The molecular weight excluding hydrogens is 416 g/mol. The maximum absolute atomic E-state index is 13.0. The molecule has 2 saturated heterocycles. The quantitative estimate of drug-likeness (QED) is 0.577. The number of hydrogen-bond acceptors (Lipinski definition) is 4. The molecule has 0 radical (unpaired) electrons. The van der Waals surface area contributed by atoms with Gasteiger partial charge >= 0.3 is 12.7 Å². The number of fused-ring (bicyclic) bond motifs is 2. The summed E-state index contributed by atoms with van der Waals surface area (Å²) >= 11 is 0. The Morgan fingerprint density at radius 3 is 2.31 bits per heavy atom. The van der Waals surface area contributed by atoms with Crippen LogP contribution in [0.2, 0.25) is 0 Å². The fraction of sp³-hybridized carbons (Fsp3) is 0.440. The molecular formula is C25H27F2NO4. The number of benzene rings is 2. The lowest BCUT2D eigenvalue weighted by atomic mass is 9.76. The Morgan fingerprint density at radius 2 is 1.62 bits per heavy atom. The van der Waals surface area contributed by atoms with Gasteiger partial charge in [0.1, 0.15) is 18.1 Å². The van der Waals surface area contributed by atoms with Gasteiger partial charge in [-0.3, -0.25) is 4.79 Å². The molecule has 0 aliphatic carbocycles. The van der Waals surface area contributed by atoms with E-state index < -0.39 is 6.61 Å². The molecule has 7 heteroatoms. The second kappa shape index (κ2) is 10.1. The highest BCUT2D eigenvalue weighted by Crippen LogP contribution is 2.38. The summed E-state index contributed by atoms with van der Waals surface area (Å²) in [4.78, 5) is 27.7. The molecule has 4 rings (SSSR count).